The Kier molecular flexibility index (Phi) is 2.46. The number of H-pyrrole nitrogens is 1. The molecule has 0 saturated carbocycles. The molecule has 1 aromatic heterocycles. The Hall–Kier alpha value is -1.64. The van der Waals surface area contributed by atoms with E-state index < -0.39 is 0 Å². The van der Waals surface area contributed by atoms with Crippen molar-refractivity contribution in [2.24, 2.45) is 4.99 Å². The maximum Gasteiger partial charge on any atom is 0.194 e. The first-order valence-corrected chi connectivity index (χ1v) is 3.94. The van der Waals surface area contributed by atoms with Gasteiger partial charge < -0.3 is 4.98 Å². The van der Waals surface area contributed by atoms with Gasteiger partial charge in [0.1, 0.15) is 5.82 Å². The Bertz CT molecular complexity index is 416. The van der Waals surface area contributed by atoms with Gasteiger partial charge in [0, 0.05) is 11.3 Å². The zero-order chi connectivity index (χ0) is 10.0. The Morgan fingerprint density at radius 3 is 2.54 bits per heavy atom. The van der Waals surface area contributed by atoms with Crippen LogP contribution >= 0.6 is 0 Å². The summed E-state index contributed by atoms with van der Waals surface area (Å²) >= 11 is 0. The molecule has 3 nitrogen and oxygen atoms in total. The molecule has 68 valence electrons. The van der Waals surface area contributed by atoms with E-state index in [-0.39, 0.29) is 5.43 Å². The van der Waals surface area contributed by atoms with Crippen LogP contribution in [0.15, 0.2) is 16.4 Å². The van der Waals surface area contributed by atoms with E-state index >= 15 is 0 Å². The van der Waals surface area contributed by atoms with Gasteiger partial charge in [-0.2, -0.15) is 0 Å². The van der Waals surface area contributed by atoms with Gasteiger partial charge in [-0.25, -0.2) is 4.99 Å². The molecule has 0 aromatic carbocycles. The molecule has 0 atom stereocenters. The molecule has 1 N–H and O–H groups in total. The minimum atomic E-state index is -0.0337. The first-order chi connectivity index (χ1) is 6.11. The molecule has 0 radical (unpaired) electrons. The van der Waals surface area contributed by atoms with Crippen molar-refractivity contribution >= 4 is 18.6 Å². The number of pyridine rings is 1. The van der Waals surface area contributed by atoms with Crippen LogP contribution in [0.1, 0.15) is 16.8 Å². The predicted molar refractivity (Wildman–Crippen MR) is 55.8 cm³/mol. The zero-order valence-corrected chi connectivity index (χ0v) is 7.85. The fourth-order valence-electron chi connectivity index (χ4n) is 1.13. The summed E-state index contributed by atoms with van der Waals surface area (Å²) in [5.41, 5.74) is 1.96. The first-order valence-electron chi connectivity index (χ1n) is 3.94. The van der Waals surface area contributed by atoms with Crippen molar-refractivity contribution in [3.05, 3.63) is 33.6 Å². The molecular formula is C10H12N2O. The minimum Gasteiger partial charge on any atom is -0.343 e. The van der Waals surface area contributed by atoms with Crippen molar-refractivity contribution in [1.82, 2.24) is 4.98 Å². The van der Waals surface area contributed by atoms with Crippen molar-refractivity contribution in [1.29, 1.82) is 0 Å². The summed E-state index contributed by atoms with van der Waals surface area (Å²) in [6.07, 6.45) is 1.50. The van der Waals surface area contributed by atoms with Crippen LogP contribution in [0.25, 0.3) is 6.08 Å². The molecule has 0 fully saturated rings. The maximum absolute atomic E-state index is 11.6. The highest BCUT2D eigenvalue weighted by atomic mass is 16.1. The van der Waals surface area contributed by atoms with Crippen LogP contribution in [0.4, 0.5) is 5.82 Å². The molecule has 0 aliphatic carbocycles. The van der Waals surface area contributed by atoms with Crippen LogP contribution in [0.5, 0.6) is 0 Å². The molecule has 1 aromatic rings. The highest BCUT2D eigenvalue weighted by molar-refractivity contribution is 5.62. The number of nitrogens with zero attached hydrogens (tertiary/aromatic N) is 1. The molecule has 0 spiro atoms. The number of aromatic amines is 1. The lowest BCUT2D eigenvalue weighted by atomic mass is 10.1. The van der Waals surface area contributed by atoms with Crippen molar-refractivity contribution in [2.75, 3.05) is 0 Å². The molecule has 0 amide bonds. The van der Waals surface area contributed by atoms with Gasteiger partial charge in [0.15, 0.2) is 5.43 Å². The van der Waals surface area contributed by atoms with Crippen molar-refractivity contribution < 1.29 is 0 Å². The Morgan fingerprint density at radius 2 is 2.08 bits per heavy atom. The number of hydrogen-bond donors (Lipinski definition) is 1. The lowest BCUT2D eigenvalue weighted by molar-refractivity contribution is 1.11. The van der Waals surface area contributed by atoms with Crippen molar-refractivity contribution in [2.45, 2.75) is 13.8 Å². The number of aromatic nitrogens is 1. The Balaban J connectivity index is 3.67. The second-order valence-electron chi connectivity index (χ2n) is 2.83. The van der Waals surface area contributed by atoms with E-state index in [0.29, 0.717) is 16.9 Å². The number of nitrogens with one attached hydrogen (secondary N) is 1. The van der Waals surface area contributed by atoms with Crippen molar-refractivity contribution in [3.8, 4) is 0 Å². The lowest BCUT2D eigenvalue weighted by Gasteiger charge is -2.04. The average Bonchev–Trinajstić information content (AvgIpc) is 2.13. The van der Waals surface area contributed by atoms with Gasteiger partial charge >= 0.3 is 0 Å². The maximum atomic E-state index is 11.6. The van der Waals surface area contributed by atoms with Crippen LogP contribution in [-0.4, -0.2) is 11.7 Å². The van der Waals surface area contributed by atoms with Gasteiger partial charge in [-0.1, -0.05) is 12.7 Å². The molecule has 0 unspecified atom stereocenters. The monoisotopic (exact) mass is 176 g/mol. The van der Waals surface area contributed by atoms with Gasteiger partial charge in [-0.15, -0.1) is 0 Å². The highest BCUT2D eigenvalue weighted by Gasteiger charge is 2.07. The lowest BCUT2D eigenvalue weighted by Crippen LogP contribution is -2.12. The minimum absolute atomic E-state index is 0.0337. The van der Waals surface area contributed by atoms with E-state index in [1.807, 2.05) is 6.92 Å². The first kappa shape index (κ1) is 9.45. The predicted octanol–water partition coefficient (Wildman–Crippen LogP) is 1.97. The quantitative estimate of drug-likeness (QED) is 0.688. The summed E-state index contributed by atoms with van der Waals surface area (Å²) < 4.78 is 0. The molecule has 0 aliphatic rings. The Labute approximate surface area is 76.8 Å². The molecule has 0 aliphatic heterocycles. The summed E-state index contributed by atoms with van der Waals surface area (Å²) in [5, 5.41) is 0. The standard InChI is InChI=1S/C10H12N2O/c1-5-8-9(13)6(2)7(3)12-10(8)11-4/h5H,1,4H2,2-3H3,(H,12,13). The molecule has 0 bridgehead atoms. The van der Waals surface area contributed by atoms with Crippen LogP contribution < -0.4 is 5.43 Å². The molecule has 1 rings (SSSR count). The second-order valence-corrected chi connectivity index (χ2v) is 2.83. The van der Waals surface area contributed by atoms with E-state index in [0.717, 1.165) is 5.69 Å². The zero-order valence-electron chi connectivity index (χ0n) is 7.85. The van der Waals surface area contributed by atoms with Gasteiger partial charge in [-0.3, -0.25) is 4.79 Å². The summed E-state index contributed by atoms with van der Waals surface area (Å²) in [6, 6.07) is 0. The van der Waals surface area contributed by atoms with Crippen molar-refractivity contribution in [3.63, 3.8) is 0 Å². The summed E-state index contributed by atoms with van der Waals surface area (Å²) in [4.78, 5) is 18.3. The Morgan fingerprint density at radius 1 is 1.46 bits per heavy atom. The van der Waals surface area contributed by atoms with Gasteiger partial charge in [0.05, 0.1) is 5.56 Å². The SMILES string of the molecule is C=Cc1c(N=C)[nH]c(C)c(C)c1=O. The third-order valence-corrected chi connectivity index (χ3v) is 2.07. The van der Waals surface area contributed by atoms with Gasteiger partial charge in [-0.05, 0) is 20.6 Å². The van der Waals surface area contributed by atoms with Crippen LogP contribution in [0.2, 0.25) is 0 Å². The summed E-state index contributed by atoms with van der Waals surface area (Å²) in [5.74, 6) is 0.489. The van der Waals surface area contributed by atoms with Gasteiger partial charge in [0.2, 0.25) is 0 Å². The number of rotatable bonds is 2. The fourth-order valence-corrected chi connectivity index (χ4v) is 1.13. The van der Waals surface area contributed by atoms with Crippen LogP contribution in [0.3, 0.4) is 0 Å². The van der Waals surface area contributed by atoms with E-state index in [1.165, 1.54) is 6.08 Å². The number of aliphatic imine (C=N–C) groups is 1. The summed E-state index contributed by atoms with van der Waals surface area (Å²) in [6.45, 7) is 10.6. The molecular weight excluding hydrogens is 164 g/mol. The highest BCUT2D eigenvalue weighted by Crippen LogP contribution is 2.14. The largest absolute Gasteiger partial charge is 0.343 e. The third-order valence-electron chi connectivity index (χ3n) is 2.07. The van der Waals surface area contributed by atoms with E-state index in [9.17, 15) is 4.79 Å². The van der Waals surface area contributed by atoms with E-state index in [4.69, 9.17) is 0 Å². The van der Waals surface area contributed by atoms with Crippen LogP contribution in [-0.2, 0) is 0 Å². The normalized spacial score (nSPS) is 9.69. The van der Waals surface area contributed by atoms with E-state index in [2.05, 4.69) is 23.3 Å². The molecule has 13 heavy (non-hydrogen) atoms. The average molecular weight is 176 g/mol. The second kappa shape index (κ2) is 3.39. The molecule has 3 heteroatoms. The smallest absolute Gasteiger partial charge is 0.194 e. The van der Waals surface area contributed by atoms with Crippen LogP contribution in [0, 0.1) is 13.8 Å². The number of aryl methyl sites for hydroxylation is 1. The van der Waals surface area contributed by atoms with E-state index in [1.54, 1.807) is 6.92 Å². The summed E-state index contributed by atoms with van der Waals surface area (Å²) in [7, 11) is 0. The fraction of sp³-hybridized carbons (Fsp3) is 0.200. The molecule has 0 saturated heterocycles. The third kappa shape index (κ3) is 1.45. The molecule has 1 heterocycles. The van der Waals surface area contributed by atoms with Gasteiger partial charge in [0.25, 0.3) is 0 Å². The number of hydrogen-bond acceptors (Lipinski definition) is 2. The topological polar surface area (TPSA) is 45.2 Å².